The van der Waals surface area contributed by atoms with Crippen molar-refractivity contribution in [2.24, 2.45) is 0 Å². The van der Waals surface area contributed by atoms with E-state index in [1.165, 1.54) is 0 Å². The number of carbonyl (C=O) groups excluding carboxylic acids is 1. The third kappa shape index (κ3) is 4.81. The molecule has 1 saturated heterocycles. The van der Waals surface area contributed by atoms with Crippen LogP contribution < -0.4 is 10.1 Å². The van der Waals surface area contributed by atoms with Gasteiger partial charge in [0.2, 0.25) is 0 Å². The molecule has 0 radical (unpaired) electrons. The maximum atomic E-state index is 12.1. The number of rotatable bonds is 7. The lowest BCUT2D eigenvalue weighted by Gasteiger charge is -2.26. The van der Waals surface area contributed by atoms with E-state index in [0.29, 0.717) is 12.2 Å². The van der Waals surface area contributed by atoms with Gasteiger partial charge in [0.15, 0.2) is 6.73 Å². The van der Waals surface area contributed by atoms with Gasteiger partial charge in [-0.2, -0.15) is 5.10 Å². The lowest BCUT2D eigenvalue weighted by atomic mass is 10.3. The van der Waals surface area contributed by atoms with Gasteiger partial charge in [-0.15, -0.1) is 0 Å². The number of benzene rings is 1. The van der Waals surface area contributed by atoms with Crippen molar-refractivity contribution in [1.82, 2.24) is 20.0 Å². The van der Waals surface area contributed by atoms with Crippen molar-refractivity contribution in [2.75, 3.05) is 39.4 Å². The summed E-state index contributed by atoms with van der Waals surface area (Å²) in [6.07, 6.45) is 1.74. The average molecular weight is 330 g/mol. The molecule has 3 rings (SSSR count). The number of carbonyl (C=O) groups is 1. The highest BCUT2D eigenvalue weighted by Gasteiger charge is 2.12. The van der Waals surface area contributed by atoms with Crippen molar-refractivity contribution < 1.29 is 14.3 Å². The van der Waals surface area contributed by atoms with Crippen LogP contribution in [0.1, 0.15) is 10.5 Å². The quantitative estimate of drug-likeness (QED) is 0.820. The minimum Gasteiger partial charge on any atom is -0.471 e. The Bertz CT molecular complexity index is 638. The molecule has 0 aliphatic carbocycles. The maximum absolute atomic E-state index is 12.1. The molecule has 1 aliphatic rings. The van der Waals surface area contributed by atoms with E-state index in [9.17, 15) is 4.79 Å². The van der Waals surface area contributed by atoms with E-state index in [-0.39, 0.29) is 12.6 Å². The van der Waals surface area contributed by atoms with E-state index in [4.69, 9.17) is 9.47 Å². The van der Waals surface area contributed by atoms with Crippen LogP contribution in [0.2, 0.25) is 0 Å². The second-order valence-corrected chi connectivity index (χ2v) is 5.54. The first kappa shape index (κ1) is 16.5. The van der Waals surface area contributed by atoms with Crippen LogP contribution in [0.3, 0.4) is 0 Å². The van der Waals surface area contributed by atoms with E-state index in [0.717, 1.165) is 38.6 Å². The molecule has 0 spiro atoms. The number of para-hydroxylation sites is 1. The van der Waals surface area contributed by atoms with Crippen LogP contribution in [0.4, 0.5) is 0 Å². The smallest absolute Gasteiger partial charge is 0.271 e. The van der Waals surface area contributed by atoms with Crippen molar-refractivity contribution >= 4 is 5.91 Å². The predicted octanol–water partition coefficient (Wildman–Crippen LogP) is 0.982. The summed E-state index contributed by atoms with van der Waals surface area (Å²) in [7, 11) is 0. The van der Waals surface area contributed by atoms with Gasteiger partial charge in [0, 0.05) is 32.4 Å². The van der Waals surface area contributed by atoms with Gasteiger partial charge in [0.05, 0.1) is 13.2 Å². The normalized spacial score (nSPS) is 15.2. The minimum absolute atomic E-state index is 0.165. The van der Waals surface area contributed by atoms with Crippen LogP contribution in [0.15, 0.2) is 42.6 Å². The second-order valence-electron chi connectivity index (χ2n) is 5.54. The largest absolute Gasteiger partial charge is 0.471 e. The monoisotopic (exact) mass is 330 g/mol. The van der Waals surface area contributed by atoms with Gasteiger partial charge in [-0.05, 0) is 18.2 Å². The first-order valence-electron chi connectivity index (χ1n) is 8.11. The van der Waals surface area contributed by atoms with Crippen LogP contribution in [-0.4, -0.2) is 60.0 Å². The SMILES string of the molecule is O=C(NCCN1CCOCC1)c1ccn(COc2ccccc2)n1. The van der Waals surface area contributed by atoms with Gasteiger partial charge in [0.1, 0.15) is 11.4 Å². The highest BCUT2D eigenvalue weighted by Crippen LogP contribution is 2.09. The zero-order valence-corrected chi connectivity index (χ0v) is 13.6. The molecule has 1 aromatic carbocycles. The van der Waals surface area contributed by atoms with Gasteiger partial charge in [-0.25, -0.2) is 4.68 Å². The van der Waals surface area contributed by atoms with Crippen molar-refractivity contribution in [3.63, 3.8) is 0 Å². The number of aromatic nitrogens is 2. The fourth-order valence-corrected chi connectivity index (χ4v) is 2.45. The van der Waals surface area contributed by atoms with Gasteiger partial charge >= 0.3 is 0 Å². The van der Waals surface area contributed by atoms with Crippen molar-refractivity contribution in [3.8, 4) is 5.75 Å². The zero-order valence-electron chi connectivity index (χ0n) is 13.6. The van der Waals surface area contributed by atoms with E-state index >= 15 is 0 Å². The molecule has 0 saturated carbocycles. The summed E-state index contributed by atoms with van der Waals surface area (Å²) in [5.41, 5.74) is 0.397. The summed E-state index contributed by atoms with van der Waals surface area (Å²) in [4.78, 5) is 14.4. The Morgan fingerprint density at radius 1 is 1.21 bits per heavy atom. The Hall–Kier alpha value is -2.38. The molecule has 0 bridgehead atoms. The topological polar surface area (TPSA) is 68.6 Å². The second kappa shape index (κ2) is 8.47. The van der Waals surface area contributed by atoms with Gasteiger partial charge < -0.3 is 14.8 Å². The van der Waals surface area contributed by atoms with Crippen molar-refractivity contribution in [1.29, 1.82) is 0 Å². The molecule has 0 atom stereocenters. The van der Waals surface area contributed by atoms with Crippen molar-refractivity contribution in [3.05, 3.63) is 48.3 Å². The molecule has 1 amide bonds. The molecule has 7 nitrogen and oxygen atoms in total. The number of hydrogen-bond acceptors (Lipinski definition) is 5. The van der Waals surface area contributed by atoms with E-state index < -0.39 is 0 Å². The summed E-state index contributed by atoms with van der Waals surface area (Å²) in [5.74, 6) is 0.603. The fraction of sp³-hybridized carbons (Fsp3) is 0.412. The standard InChI is InChI=1S/C17H22N4O3/c22-17(18-7-9-20-10-12-23-13-11-20)16-6-8-21(19-16)14-24-15-4-2-1-3-5-15/h1-6,8H,7,9-14H2,(H,18,22). The van der Waals surface area contributed by atoms with E-state index in [1.54, 1.807) is 16.9 Å². The van der Waals surface area contributed by atoms with Gasteiger partial charge in [-0.1, -0.05) is 18.2 Å². The van der Waals surface area contributed by atoms with Gasteiger partial charge in [-0.3, -0.25) is 9.69 Å². The van der Waals surface area contributed by atoms with Gasteiger partial charge in [0.25, 0.3) is 5.91 Å². The molecule has 128 valence electrons. The van der Waals surface area contributed by atoms with Crippen molar-refractivity contribution in [2.45, 2.75) is 6.73 Å². The molecular weight excluding hydrogens is 308 g/mol. The fourth-order valence-electron chi connectivity index (χ4n) is 2.45. The minimum atomic E-state index is -0.165. The number of nitrogens with one attached hydrogen (secondary N) is 1. The molecule has 1 aromatic heterocycles. The Labute approximate surface area is 141 Å². The third-order valence-electron chi connectivity index (χ3n) is 3.80. The lowest BCUT2D eigenvalue weighted by Crippen LogP contribution is -2.41. The van der Waals surface area contributed by atoms with E-state index in [2.05, 4.69) is 15.3 Å². The Morgan fingerprint density at radius 3 is 2.79 bits per heavy atom. The highest BCUT2D eigenvalue weighted by molar-refractivity contribution is 5.92. The molecule has 24 heavy (non-hydrogen) atoms. The summed E-state index contributed by atoms with van der Waals surface area (Å²) in [6.45, 7) is 5.06. The molecular formula is C17H22N4O3. The number of hydrogen-bond donors (Lipinski definition) is 1. The summed E-state index contributed by atoms with van der Waals surface area (Å²) in [5, 5.41) is 7.13. The summed E-state index contributed by atoms with van der Waals surface area (Å²) in [6, 6.07) is 11.2. The zero-order chi connectivity index (χ0) is 16.6. The molecule has 1 N–H and O–H groups in total. The maximum Gasteiger partial charge on any atom is 0.271 e. The Kier molecular flexibility index (Phi) is 5.81. The third-order valence-corrected chi connectivity index (χ3v) is 3.80. The predicted molar refractivity (Wildman–Crippen MR) is 88.9 cm³/mol. The first-order valence-corrected chi connectivity index (χ1v) is 8.11. The molecule has 2 heterocycles. The van der Waals surface area contributed by atoms with E-state index in [1.807, 2.05) is 30.3 Å². The number of morpholine rings is 1. The molecule has 7 heteroatoms. The number of ether oxygens (including phenoxy) is 2. The first-order chi connectivity index (χ1) is 11.8. The van der Waals surface area contributed by atoms with Crippen LogP contribution in [0, 0.1) is 0 Å². The number of nitrogens with zero attached hydrogens (tertiary/aromatic N) is 3. The molecule has 1 fully saturated rings. The Morgan fingerprint density at radius 2 is 2.00 bits per heavy atom. The van der Waals surface area contributed by atoms with Crippen LogP contribution >= 0.6 is 0 Å². The molecule has 1 aliphatic heterocycles. The summed E-state index contributed by atoms with van der Waals surface area (Å²) >= 11 is 0. The molecule has 2 aromatic rings. The lowest BCUT2D eigenvalue weighted by molar-refractivity contribution is 0.0383. The van der Waals surface area contributed by atoms with Crippen LogP contribution in [0.5, 0.6) is 5.75 Å². The average Bonchev–Trinajstić information content (AvgIpc) is 3.11. The highest BCUT2D eigenvalue weighted by atomic mass is 16.5. The Balaban J connectivity index is 1.41. The molecule has 0 unspecified atom stereocenters. The number of amides is 1. The van der Waals surface area contributed by atoms with Crippen LogP contribution in [0.25, 0.3) is 0 Å². The van der Waals surface area contributed by atoms with Crippen LogP contribution in [-0.2, 0) is 11.5 Å². The summed E-state index contributed by atoms with van der Waals surface area (Å²) < 4.78 is 12.5.